The molecule has 0 fully saturated rings. The van der Waals surface area contributed by atoms with Gasteiger partial charge < -0.3 is 10.3 Å². The highest BCUT2D eigenvalue weighted by atomic mass is 16.1. The summed E-state index contributed by atoms with van der Waals surface area (Å²) in [4.78, 5) is 20.1. The van der Waals surface area contributed by atoms with Crippen LogP contribution in [-0.2, 0) is 11.2 Å². The van der Waals surface area contributed by atoms with Crippen LogP contribution in [0, 0.1) is 6.92 Å². The molecule has 136 valence electrons. The Bertz CT molecular complexity index is 1080. The number of hydrogen-bond acceptors (Lipinski definition) is 3. The van der Waals surface area contributed by atoms with Crippen LogP contribution in [0.15, 0.2) is 61.1 Å². The van der Waals surface area contributed by atoms with E-state index in [0.29, 0.717) is 6.42 Å². The smallest absolute Gasteiger partial charge is 0.224 e. The third-order valence-electron chi connectivity index (χ3n) is 4.78. The van der Waals surface area contributed by atoms with Gasteiger partial charge in [-0.1, -0.05) is 24.3 Å². The monoisotopic (exact) mass is 359 g/mol. The summed E-state index contributed by atoms with van der Waals surface area (Å²) in [5.74, 6) is 0.746. The van der Waals surface area contributed by atoms with Crippen LogP contribution in [0.25, 0.3) is 16.7 Å². The number of pyridine rings is 1. The average molecular weight is 359 g/mol. The molecule has 0 aliphatic rings. The summed E-state index contributed by atoms with van der Waals surface area (Å²) in [6.45, 7) is 3.96. The van der Waals surface area contributed by atoms with Crippen molar-refractivity contribution >= 4 is 16.8 Å². The molecule has 0 aliphatic carbocycles. The molecule has 4 rings (SSSR count). The summed E-state index contributed by atoms with van der Waals surface area (Å²) >= 11 is 0. The van der Waals surface area contributed by atoms with Crippen LogP contribution in [0.4, 0.5) is 0 Å². The van der Waals surface area contributed by atoms with Crippen molar-refractivity contribution < 1.29 is 4.79 Å². The number of aromatic amines is 1. The number of aromatic nitrogens is 4. The Hall–Kier alpha value is -3.41. The van der Waals surface area contributed by atoms with E-state index in [2.05, 4.69) is 20.4 Å². The van der Waals surface area contributed by atoms with Gasteiger partial charge in [-0.2, -0.15) is 5.10 Å². The summed E-state index contributed by atoms with van der Waals surface area (Å²) < 4.78 is 1.79. The summed E-state index contributed by atoms with van der Waals surface area (Å²) in [5.41, 5.74) is 3.98. The van der Waals surface area contributed by atoms with Gasteiger partial charge in [0.15, 0.2) is 5.82 Å². The SMILES string of the molecule is Cc1c([C@@H](C)NC(=O)Cc2c[nH]c3ccccc23)cnn1-c1ccccn1. The lowest BCUT2D eigenvalue weighted by molar-refractivity contribution is -0.121. The largest absolute Gasteiger partial charge is 0.361 e. The van der Waals surface area contributed by atoms with Crippen molar-refractivity contribution in [3.05, 3.63) is 77.9 Å². The van der Waals surface area contributed by atoms with Crippen molar-refractivity contribution in [3.8, 4) is 5.82 Å². The summed E-state index contributed by atoms with van der Waals surface area (Å²) in [5, 5.41) is 8.59. The Balaban J connectivity index is 1.48. The number of hydrogen-bond donors (Lipinski definition) is 2. The van der Waals surface area contributed by atoms with E-state index >= 15 is 0 Å². The molecule has 6 nitrogen and oxygen atoms in total. The topological polar surface area (TPSA) is 75.6 Å². The normalized spacial score (nSPS) is 12.2. The fraction of sp³-hybridized carbons (Fsp3) is 0.190. The molecule has 0 aliphatic heterocycles. The number of H-pyrrole nitrogens is 1. The van der Waals surface area contributed by atoms with Gasteiger partial charge >= 0.3 is 0 Å². The second-order valence-corrected chi connectivity index (χ2v) is 6.61. The van der Waals surface area contributed by atoms with Crippen molar-refractivity contribution in [3.63, 3.8) is 0 Å². The van der Waals surface area contributed by atoms with Gasteiger partial charge in [0.1, 0.15) is 0 Å². The lowest BCUT2D eigenvalue weighted by atomic mass is 10.1. The number of fused-ring (bicyclic) bond motifs is 1. The minimum Gasteiger partial charge on any atom is -0.361 e. The van der Waals surface area contributed by atoms with Gasteiger partial charge in [0, 0.05) is 34.6 Å². The molecule has 0 unspecified atom stereocenters. The number of benzene rings is 1. The number of nitrogens with zero attached hydrogens (tertiary/aromatic N) is 3. The molecule has 2 N–H and O–H groups in total. The van der Waals surface area contributed by atoms with Crippen LogP contribution in [-0.4, -0.2) is 25.7 Å². The number of carbonyl (C=O) groups is 1. The summed E-state index contributed by atoms with van der Waals surface area (Å²) in [7, 11) is 0. The van der Waals surface area contributed by atoms with Crippen LogP contribution in [0.2, 0.25) is 0 Å². The average Bonchev–Trinajstić information content (AvgIpc) is 3.26. The fourth-order valence-corrected chi connectivity index (χ4v) is 3.38. The summed E-state index contributed by atoms with van der Waals surface area (Å²) in [6.07, 6.45) is 5.77. The van der Waals surface area contributed by atoms with Gasteiger partial charge in [-0.3, -0.25) is 4.79 Å². The molecule has 6 heteroatoms. The molecule has 4 aromatic rings. The van der Waals surface area contributed by atoms with Crippen LogP contribution >= 0.6 is 0 Å². The first-order valence-corrected chi connectivity index (χ1v) is 8.94. The molecule has 0 saturated carbocycles. The lowest BCUT2D eigenvalue weighted by Gasteiger charge is -2.14. The number of nitrogens with one attached hydrogen (secondary N) is 2. The van der Waals surface area contributed by atoms with Crippen molar-refractivity contribution in [2.24, 2.45) is 0 Å². The zero-order valence-corrected chi connectivity index (χ0v) is 15.3. The highest BCUT2D eigenvalue weighted by molar-refractivity contribution is 5.88. The first kappa shape index (κ1) is 17.0. The van der Waals surface area contributed by atoms with Gasteiger partial charge in [-0.25, -0.2) is 9.67 Å². The second-order valence-electron chi connectivity index (χ2n) is 6.61. The third kappa shape index (κ3) is 3.33. The van der Waals surface area contributed by atoms with E-state index in [4.69, 9.17) is 0 Å². The van der Waals surface area contributed by atoms with Crippen molar-refractivity contribution in [1.82, 2.24) is 25.1 Å². The Morgan fingerprint density at radius 2 is 2.04 bits per heavy atom. The Labute approximate surface area is 157 Å². The highest BCUT2D eigenvalue weighted by Gasteiger charge is 2.17. The van der Waals surface area contributed by atoms with Gasteiger partial charge in [0.2, 0.25) is 5.91 Å². The Morgan fingerprint density at radius 1 is 1.22 bits per heavy atom. The molecule has 1 amide bonds. The zero-order valence-electron chi connectivity index (χ0n) is 15.3. The van der Waals surface area contributed by atoms with E-state index in [0.717, 1.165) is 33.5 Å². The third-order valence-corrected chi connectivity index (χ3v) is 4.78. The number of carbonyl (C=O) groups excluding carboxylic acids is 1. The first-order chi connectivity index (χ1) is 13.1. The first-order valence-electron chi connectivity index (χ1n) is 8.94. The molecule has 0 saturated heterocycles. The molecule has 3 aromatic heterocycles. The predicted octanol–water partition coefficient (Wildman–Crippen LogP) is 3.48. The molecule has 0 bridgehead atoms. The van der Waals surface area contributed by atoms with Gasteiger partial charge in [-0.05, 0) is 37.6 Å². The quantitative estimate of drug-likeness (QED) is 0.573. The van der Waals surface area contributed by atoms with Crippen molar-refractivity contribution in [1.29, 1.82) is 0 Å². The molecule has 1 atom stereocenters. The number of para-hydroxylation sites is 1. The molecule has 0 radical (unpaired) electrons. The minimum absolute atomic E-state index is 0.0164. The molecule has 1 aromatic carbocycles. The number of amides is 1. The van der Waals surface area contributed by atoms with E-state index in [1.54, 1.807) is 17.1 Å². The molecule has 3 heterocycles. The molecular weight excluding hydrogens is 338 g/mol. The standard InChI is InChI=1S/C21H21N5O/c1-14(18-13-24-26(15(18)2)20-9-5-6-10-22-20)25-21(27)11-16-12-23-19-8-4-3-7-17(16)19/h3-10,12-14,23H,11H2,1-2H3,(H,25,27)/t14-/m1/s1. The van der Waals surface area contributed by atoms with Gasteiger partial charge in [0.05, 0.1) is 18.7 Å². The maximum Gasteiger partial charge on any atom is 0.224 e. The van der Waals surface area contributed by atoms with Crippen LogP contribution in [0.3, 0.4) is 0 Å². The van der Waals surface area contributed by atoms with Crippen LogP contribution < -0.4 is 5.32 Å². The van der Waals surface area contributed by atoms with E-state index in [9.17, 15) is 4.79 Å². The zero-order chi connectivity index (χ0) is 18.8. The van der Waals surface area contributed by atoms with E-state index < -0.39 is 0 Å². The second kappa shape index (κ2) is 7.07. The van der Waals surface area contributed by atoms with E-state index in [-0.39, 0.29) is 11.9 Å². The highest BCUT2D eigenvalue weighted by Crippen LogP contribution is 2.21. The lowest BCUT2D eigenvalue weighted by Crippen LogP contribution is -2.28. The van der Waals surface area contributed by atoms with Crippen LogP contribution in [0.5, 0.6) is 0 Å². The van der Waals surface area contributed by atoms with Gasteiger partial charge in [-0.15, -0.1) is 0 Å². The Morgan fingerprint density at radius 3 is 2.85 bits per heavy atom. The van der Waals surface area contributed by atoms with Crippen molar-refractivity contribution in [2.75, 3.05) is 0 Å². The molecule has 27 heavy (non-hydrogen) atoms. The maximum atomic E-state index is 12.6. The van der Waals surface area contributed by atoms with E-state index in [1.807, 2.05) is 62.5 Å². The number of rotatable bonds is 5. The fourth-order valence-electron chi connectivity index (χ4n) is 3.38. The predicted molar refractivity (Wildman–Crippen MR) is 105 cm³/mol. The maximum absolute atomic E-state index is 12.6. The van der Waals surface area contributed by atoms with Gasteiger partial charge in [0.25, 0.3) is 0 Å². The van der Waals surface area contributed by atoms with E-state index in [1.165, 1.54) is 0 Å². The molecule has 0 spiro atoms. The summed E-state index contributed by atoms with van der Waals surface area (Å²) in [6, 6.07) is 13.6. The minimum atomic E-state index is -0.139. The Kier molecular flexibility index (Phi) is 4.46. The van der Waals surface area contributed by atoms with Crippen molar-refractivity contribution in [2.45, 2.75) is 26.3 Å². The molecular formula is C21H21N5O. The van der Waals surface area contributed by atoms with Crippen LogP contribution in [0.1, 0.15) is 29.8 Å².